The van der Waals surface area contributed by atoms with Gasteiger partial charge in [-0.05, 0) is 24.1 Å². The number of benzene rings is 1. The van der Waals surface area contributed by atoms with Crippen molar-refractivity contribution in [2.24, 2.45) is 5.73 Å². The first-order valence-electron chi connectivity index (χ1n) is 4.26. The minimum atomic E-state index is -1.14. The fourth-order valence-electron chi connectivity index (χ4n) is 1.13. The molecule has 0 heterocycles. The van der Waals surface area contributed by atoms with Crippen molar-refractivity contribution in [1.82, 2.24) is 0 Å². The molecule has 80 valence electrons. The van der Waals surface area contributed by atoms with Crippen LogP contribution in [0.15, 0.2) is 18.2 Å². The van der Waals surface area contributed by atoms with E-state index in [0.717, 1.165) is 6.07 Å². The van der Waals surface area contributed by atoms with E-state index in [1.54, 1.807) is 0 Å². The third-order valence-electron chi connectivity index (χ3n) is 1.96. The Morgan fingerprint density at radius 1 is 1.60 bits per heavy atom. The summed E-state index contributed by atoms with van der Waals surface area (Å²) in [6, 6.07) is 2.83. The van der Waals surface area contributed by atoms with E-state index in [1.807, 2.05) is 0 Å². The Kier molecular flexibility index (Phi) is 3.51. The summed E-state index contributed by atoms with van der Waals surface area (Å²) in [6.45, 7) is 0. The van der Waals surface area contributed by atoms with E-state index in [-0.39, 0.29) is 12.0 Å². The Morgan fingerprint density at radius 3 is 2.73 bits per heavy atom. The van der Waals surface area contributed by atoms with E-state index in [1.165, 1.54) is 12.1 Å². The summed E-state index contributed by atoms with van der Waals surface area (Å²) in [5.41, 5.74) is 5.68. The van der Waals surface area contributed by atoms with Gasteiger partial charge < -0.3 is 10.8 Å². The predicted molar refractivity (Wildman–Crippen MR) is 51.1 cm³/mol. The summed E-state index contributed by atoms with van der Waals surface area (Å²) in [7, 11) is 0. The quantitative estimate of drug-likeness (QED) is 0.714. The first kappa shape index (κ1) is 11.3. The Bertz CT molecular complexity index is 392. The van der Waals surface area contributed by atoms with Crippen LogP contribution in [0.5, 0.6) is 0 Å². The SMILES string of the molecule is NC(Cc1ccc(C=O)c(F)c1)C(=O)O. The van der Waals surface area contributed by atoms with Gasteiger partial charge in [-0.1, -0.05) is 6.07 Å². The lowest BCUT2D eigenvalue weighted by Crippen LogP contribution is -2.32. The number of carboxylic acid groups (broad SMARTS) is 1. The van der Waals surface area contributed by atoms with Gasteiger partial charge in [0.25, 0.3) is 0 Å². The van der Waals surface area contributed by atoms with Crippen molar-refractivity contribution in [3.05, 3.63) is 35.1 Å². The van der Waals surface area contributed by atoms with Gasteiger partial charge in [0.05, 0.1) is 5.56 Å². The molecular weight excluding hydrogens is 201 g/mol. The second-order valence-electron chi connectivity index (χ2n) is 3.12. The van der Waals surface area contributed by atoms with Crippen LogP contribution in [0.4, 0.5) is 4.39 Å². The fourth-order valence-corrected chi connectivity index (χ4v) is 1.13. The van der Waals surface area contributed by atoms with Gasteiger partial charge in [-0.2, -0.15) is 0 Å². The number of aldehydes is 1. The highest BCUT2D eigenvalue weighted by Crippen LogP contribution is 2.10. The maximum absolute atomic E-state index is 13.1. The first-order chi connectivity index (χ1) is 7.04. The second kappa shape index (κ2) is 4.65. The van der Waals surface area contributed by atoms with Crippen LogP contribution in [0, 0.1) is 5.82 Å². The average molecular weight is 211 g/mol. The minimum absolute atomic E-state index is 0.0331. The third-order valence-corrected chi connectivity index (χ3v) is 1.96. The van der Waals surface area contributed by atoms with Gasteiger partial charge in [0.2, 0.25) is 0 Å². The second-order valence-corrected chi connectivity index (χ2v) is 3.12. The number of hydrogen-bond donors (Lipinski definition) is 2. The van der Waals surface area contributed by atoms with E-state index < -0.39 is 17.8 Å². The van der Waals surface area contributed by atoms with Crippen LogP contribution in [0.2, 0.25) is 0 Å². The van der Waals surface area contributed by atoms with Crippen molar-refractivity contribution in [3.63, 3.8) is 0 Å². The van der Waals surface area contributed by atoms with Crippen molar-refractivity contribution in [3.8, 4) is 0 Å². The molecule has 5 heteroatoms. The maximum atomic E-state index is 13.1. The summed E-state index contributed by atoms with van der Waals surface area (Å²) >= 11 is 0. The molecule has 0 saturated heterocycles. The van der Waals surface area contributed by atoms with Gasteiger partial charge in [0.1, 0.15) is 11.9 Å². The molecule has 0 aliphatic rings. The number of aliphatic carboxylic acids is 1. The molecule has 0 fully saturated rings. The van der Waals surface area contributed by atoms with E-state index in [2.05, 4.69) is 0 Å². The number of rotatable bonds is 4. The molecule has 3 N–H and O–H groups in total. The Labute approximate surface area is 85.5 Å². The van der Waals surface area contributed by atoms with Crippen molar-refractivity contribution in [1.29, 1.82) is 0 Å². The van der Waals surface area contributed by atoms with Crippen LogP contribution in [0.25, 0.3) is 0 Å². The van der Waals surface area contributed by atoms with Gasteiger partial charge in [0.15, 0.2) is 6.29 Å². The monoisotopic (exact) mass is 211 g/mol. The molecule has 0 radical (unpaired) electrons. The summed E-state index contributed by atoms with van der Waals surface area (Å²) < 4.78 is 13.1. The van der Waals surface area contributed by atoms with Gasteiger partial charge in [-0.3, -0.25) is 9.59 Å². The molecule has 0 saturated carbocycles. The Balaban J connectivity index is 2.84. The molecule has 1 aromatic rings. The minimum Gasteiger partial charge on any atom is -0.480 e. The average Bonchev–Trinajstić information content (AvgIpc) is 2.18. The molecule has 0 amide bonds. The largest absolute Gasteiger partial charge is 0.480 e. The van der Waals surface area contributed by atoms with Gasteiger partial charge in [-0.25, -0.2) is 4.39 Å². The van der Waals surface area contributed by atoms with Crippen molar-refractivity contribution in [2.75, 3.05) is 0 Å². The molecule has 1 unspecified atom stereocenters. The topological polar surface area (TPSA) is 80.4 Å². The Hall–Kier alpha value is -1.75. The van der Waals surface area contributed by atoms with E-state index in [9.17, 15) is 14.0 Å². The summed E-state index contributed by atoms with van der Waals surface area (Å²) in [5, 5.41) is 8.54. The molecule has 0 bridgehead atoms. The molecule has 4 nitrogen and oxygen atoms in total. The molecule has 15 heavy (non-hydrogen) atoms. The fraction of sp³-hybridized carbons (Fsp3) is 0.200. The van der Waals surface area contributed by atoms with Crippen LogP contribution in [-0.4, -0.2) is 23.4 Å². The molecule has 1 aromatic carbocycles. The number of carbonyl (C=O) groups is 2. The van der Waals surface area contributed by atoms with Crippen LogP contribution in [0.3, 0.4) is 0 Å². The number of hydrogen-bond acceptors (Lipinski definition) is 3. The molecule has 0 aliphatic heterocycles. The maximum Gasteiger partial charge on any atom is 0.320 e. The van der Waals surface area contributed by atoms with E-state index in [4.69, 9.17) is 10.8 Å². The molecule has 0 aromatic heterocycles. The van der Waals surface area contributed by atoms with Gasteiger partial charge in [0, 0.05) is 0 Å². The number of halogens is 1. The number of carbonyl (C=O) groups excluding carboxylic acids is 1. The van der Waals surface area contributed by atoms with Crippen molar-refractivity contribution < 1.29 is 19.1 Å². The zero-order valence-electron chi connectivity index (χ0n) is 7.81. The normalized spacial score (nSPS) is 12.1. The highest BCUT2D eigenvalue weighted by Gasteiger charge is 2.13. The summed E-state index contributed by atoms with van der Waals surface area (Å²) in [4.78, 5) is 20.7. The van der Waals surface area contributed by atoms with E-state index >= 15 is 0 Å². The molecule has 1 atom stereocenters. The zero-order valence-corrected chi connectivity index (χ0v) is 7.81. The first-order valence-corrected chi connectivity index (χ1v) is 4.26. The molecular formula is C10H10FNO3. The highest BCUT2D eigenvalue weighted by atomic mass is 19.1. The summed E-state index contributed by atoms with van der Waals surface area (Å²) in [6.07, 6.45) is 0.432. The lowest BCUT2D eigenvalue weighted by atomic mass is 10.0. The van der Waals surface area contributed by atoms with Crippen LogP contribution >= 0.6 is 0 Å². The van der Waals surface area contributed by atoms with Gasteiger partial charge in [-0.15, -0.1) is 0 Å². The van der Waals surface area contributed by atoms with E-state index in [0.29, 0.717) is 11.8 Å². The van der Waals surface area contributed by atoms with Crippen LogP contribution in [0.1, 0.15) is 15.9 Å². The smallest absolute Gasteiger partial charge is 0.320 e. The number of carboxylic acids is 1. The molecule has 0 aliphatic carbocycles. The van der Waals surface area contributed by atoms with Crippen LogP contribution < -0.4 is 5.73 Å². The number of nitrogens with two attached hydrogens (primary N) is 1. The predicted octanol–water partition coefficient (Wildman–Crippen LogP) is 0.593. The lowest BCUT2D eigenvalue weighted by Gasteiger charge is -2.06. The molecule has 0 spiro atoms. The zero-order chi connectivity index (χ0) is 11.4. The standard InChI is InChI=1S/C10H10FNO3/c11-8-3-6(1-2-7(8)5-13)4-9(12)10(14)15/h1-3,5,9H,4,12H2,(H,14,15). The summed E-state index contributed by atoms with van der Waals surface area (Å²) in [5.74, 6) is -1.81. The van der Waals surface area contributed by atoms with Crippen LogP contribution in [-0.2, 0) is 11.2 Å². The van der Waals surface area contributed by atoms with Crippen molar-refractivity contribution >= 4 is 12.3 Å². The Morgan fingerprint density at radius 2 is 2.27 bits per heavy atom. The lowest BCUT2D eigenvalue weighted by molar-refractivity contribution is -0.138. The highest BCUT2D eigenvalue weighted by molar-refractivity contribution is 5.75. The van der Waals surface area contributed by atoms with Gasteiger partial charge >= 0.3 is 5.97 Å². The van der Waals surface area contributed by atoms with Crippen molar-refractivity contribution in [2.45, 2.75) is 12.5 Å². The third kappa shape index (κ3) is 2.85. The molecule has 1 rings (SSSR count).